The summed E-state index contributed by atoms with van der Waals surface area (Å²) in [4.78, 5) is 22.0. The summed E-state index contributed by atoms with van der Waals surface area (Å²) >= 11 is 1.58. The Balaban J connectivity index is 1.54. The van der Waals surface area contributed by atoms with E-state index in [9.17, 15) is 4.79 Å². The molecule has 4 aromatic rings. The normalized spacial score (nSPS) is 18.0. The van der Waals surface area contributed by atoms with Crippen LogP contribution in [0.2, 0.25) is 0 Å². The Labute approximate surface area is 169 Å². The number of carbonyl (C=O) groups excluding carboxylic acids is 1. The van der Waals surface area contributed by atoms with E-state index in [-0.39, 0.29) is 0 Å². The SMILES string of the molecule is NC(=O)C1NC=Nc2ccc(-c3c(-c4ccn(C5CC5)n4)nc4sccn34)cc21. The molecule has 8 nitrogen and oxygen atoms in total. The number of primary amides is 1. The zero-order chi connectivity index (χ0) is 19.5. The van der Waals surface area contributed by atoms with Gasteiger partial charge >= 0.3 is 0 Å². The molecular weight excluding hydrogens is 386 g/mol. The molecule has 3 N–H and O–H groups in total. The average Bonchev–Trinajstić information content (AvgIpc) is 3.13. The smallest absolute Gasteiger partial charge is 0.244 e. The van der Waals surface area contributed by atoms with Crippen LogP contribution in [-0.4, -0.2) is 31.4 Å². The third-order valence-electron chi connectivity index (χ3n) is 5.38. The molecule has 2 aliphatic rings. The van der Waals surface area contributed by atoms with Gasteiger partial charge in [0.1, 0.15) is 17.4 Å². The van der Waals surface area contributed by atoms with Crippen LogP contribution in [0.15, 0.2) is 47.0 Å². The number of hydrogen-bond donors (Lipinski definition) is 2. The molecule has 0 saturated heterocycles. The fourth-order valence-corrected chi connectivity index (χ4v) is 4.52. The molecular formula is C20H17N7OS. The van der Waals surface area contributed by atoms with Gasteiger partial charge in [0, 0.05) is 28.9 Å². The molecule has 9 heteroatoms. The van der Waals surface area contributed by atoms with E-state index in [1.807, 2.05) is 46.7 Å². The van der Waals surface area contributed by atoms with Crippen molar-refractivity contribution in [2.24, 2.45) is 10.7 Å². The summed E-state index contributed by atoms with van der Waals surface area (Å²) in [6.07, 6.45) is 7.91. The minimum atomic E-state index is -0.606. The molecule has 0 bridgehead atoms. The maximum atomic E-state index is 11.9. The van der Waals surface area contributed by atoms with Gasteiger partial charge in [0.2, 0.25) is 5.91 Å². The molecule has 1 fully saturated rings. The molecule has 1 aromatic carbocycles. The monoisotopic (exact) mass is 403 g/mol. The van der Waals surface area contributed by atoms with Crippen LogP contribution in [0.1, 0.15) is 30.5 Å². The number of hydrogen-bond acceptors (Lipinski definition) is 6. The van der Waals surface area contributed by atoms with E-state index in [4.69, 9.17) is 15.8 Å². The standard InChI is InChI=1S/C20H17N7OS/c21-19(28)16-13-9-11(1-4-14(13)22-10-23-16)18-17(24-20-26(18)7-8-29-20)15-5-6-27(25-15)12-2-3-12/h1,4-10,12,16H,2-3H2,(H2,21,28)(H,22,23). The lowest BCUT2D eigenvalue weighted by molar-refractivity contribution is -0.119. The average molecular weight is 403 g/mol. The number of imidazole rings is 1. The maximum Gasteiger partial charge on any atom is 0.244 e. The van der Waals surface area contributed by atoms with Gasteiger partial charge in [-0.2, -0.15) is 5.10 Å². The summed E-state index contributed by atoms with van der Waals surface area (Å²) < 4.78 is 4.10. The van der Waals surface area contributed by atoms with Gasteiger partial charge in [0.25, 0.3) is 0 Å². The van der Waals surface area contributed by atoms with Crippen LogP contribution in [0, 0.1) is 0 Å². The number of nitrogens with two attached hydrogens (primary N) is 1. The number of thiazole rings is 1. The first-order chi connectivity index (χ1) is 14.2. The van der Waals surface area contributed by atoms with Crippen LogP contribution < -0.4 is 11.1 Å². The van der Waals surface area contributed by atoms with Crippen molar-refractivity contribution in [3.8, 4) is 22.6 Å². The number of rotatable bonds is 4. The predicted molar refractivity (Wildman–Crippen MR) is 111 cm³/mol. The van der Waals surface area contributed by atoms with Crippen LogP contribution in [-0.2, 0) is 4.79 Å². The highest BCUT2D eigenvalue weighted by Gasteiger charge is 2.27. The summed E-state index contributed by atoms with van der Waals surface area (Å²) in [5.74, 6) is -0.438. The summed E-state index contributed by atoms with van der Waals surface area (Å²) in [6.45, 7) is 0. The Kier molecular flexibility index (Phi) is 3.42. The minimum Gasteiger partial charge on any atom is -0.368 e. The van der Waals surface area contributed by atoms with Crippen LogP contribution in [0.25, 0.3) is 27.6 Å². The highest BCUT2D eigenvalue weighted by molar-refractivity contribution is 7.15. The summed E-state index contributed by atoms with van der Waals surface area (Å²) in [7, 11) is 0. The molecule has 1 atom stereocenters. The van der Waals surface area contributed by atoms with Gasteiger partial charge in [-0.25, -0.2) is 9.98 Å². The molecule has 0 radical (unpaired) electrons. The zero-order valence-electron chi connectivity index (χ0n) is 15.3. The van der Waals surface area contributed by atoms with Crippen molar-refractivity contribution >= 4 is 34.2 Å². The first-order valence-corrected chi connectivity index (χ1v) is 10.3. The van der Waals surface area contributed by atoms with Crippen LogP contribution >= 0.6 is 11.3 Å². The Morgan fingerprint density at radius 1 is 1.24 bits per heavy atom. The van der Waals surface area contributed by atoms with Gasteiger partial charge in [-0.15, -0.1) is 11.3 Å². The third-order valence-corrected chi connectivity index (χ3v) is 6.13. The Hall–Kier alpha value is -3.46. The molecule has 6 rings (SSSR count). The van der Waals surface area contributed by atoms with Crippen molar-refractivity contribution in [3.63, 3.8) is 0 Å². The number of nitrogens with zero attached hydrogens (tertiary/aromatic N) is 5. The van der Waals surface area contributed by atoms with E-state index in [2.05, 4.69) is 14.7 Å². The largest absolute Gasteiger partial charge is 0.368 e. The molecule has 1 saturated carbocycles. The molecule has 0 spiro atoms. The number of carbonyl (C=O) groups is 1. The first kappa shape index (κ1) is 16.5. The van der Waals surface area contributed by atoms with E-state index >= 15 is 0 Å². The third kappa shape index (κ3) is 2.58. The lowest BCUT2D eigenvalue weighted by Crippen LogP contribution is -2.34. The molecule has 144 valence electrons. The summed E-state index contributed by atoms with van der Waals surface area (Å²) in [5.41, 5.74) is 10.7. The van der Waals surface area contributed by atoms with Gasteiger partial charge in [-0.05, 0) is 31.0 Å². The lowest BCUT2D eigenvalue weighted by atomic mass is 9.98. The number of aliphatic imine (C=N–C) groups is 1. The van der Waals surface area contributed by atoms with Gasteiger partial charge in [-0.3, -0.25) is 13.9 Å². The van der Waals surface area contributed by atoms with Gasteiger partial charge < -0.3 is 11.1 Å². The summed E-state index contributed by atoms with van der Waals surface area (Å²) in [5, 5.41) is 9.72. The van der Waals surface area contributed by atoms with Crippen molar-refractivity contribution in [1.82, 2.24) is 24.5 Å². The zero-order valence-corrected chi connectivity index (χ0v) is 16.1. The fourth-order valence-electron chi connectivity index (χ4n) is 3.80. The number of nitrogens with one attached hydrogen (secondary N) is 1. The molecule has 3 aromatic heterocycles. The maximum absolute atomic E-state index is 11.9. The van der Waals surface area contributed by atoms with Crippen molar-refractivity contribution in [3.05, 3.63) is 47.6 Å². The second-order valence-corrected chi connectivity index (χ2v) is 8.18. The van der Waals surface area contributed by atoms with E-state index < -0.39 is 11.9 Å². The van der Waals surface area contributed by atoms with E-state index in [0.29, 0.717) is 6.04 Å². The van der Waals surface area contributed by atoms with E-state index in [1.54, 1.807) is 11.3 Å². The first-order valence-electron chi connectivity index (χ1n) is 9.42. The van der Waals surface area contributed by atoms with Crippen LogP contribution in [0.4, 0.5) is 5.69 Å². The van der Waals surface area contributed by atoms with Gasteiger partial charge in [0.05, 0.1) is 23.8 Å². The van der Waals surface area contributed by atoms with E-state index in [1.165, 1.54) is 19.2 Å². The Bertz CT molecular complexity index is 1290. The molecule has 1 unspecified atom stereocenters. The topological polar surface area (TPSA) is 103 Å². The van der Waals surface area contributed by atoms with Crippen molar-refractivity contribution in [1.29, 1.82) is 0 Å². The Morgan fingerprint density at radius 2 is 2.14 bits per heavy atom. The molecule has 1 aliphatic heterocycles. The highest BCUT2D eigenvalue weighted by atomic mass is 32.1. The van der Waals surface area contributed by atoms with Crippen molar-refractivity contribution in [2.75, 3.05) is 0 Å². The highest BCUT2D eigenvalue weighted by Crippen LogP contribution is 2.39. The lowest BCUT2D eigenvalue weighted by Gasteiger charge is -2.20. The van der Waals surface area contributed by atoms with Crippen LogP contribution in [0.3, 0.4) is 0 Å². The van der Waals surface area contributed by atoms with Crippen molar-refractivity contribution in [2.45, 2.75) is 24.9 Å². The fraction of sp³-hybridized carbons (Fsp3) is 0.200. The predicted octanol–water partition coefficient (Wildman–Crippen LogP) is 3.05. The minimum absolute atomic E-state index is 0.438. The number of benzene rings is 1. The number of aromatic nitrogens is 4. The molecule has 1 aliphatic carbocycles. The molecule has 29 heavy (non-hydrogen) atoms. The van der Waals surface area contributed by atoms with Crippen LogP contribution in [0.5, 0.6) is 0 Å². The Morgan fingerprint density at radius 3 is 2.97 bits per heavy atom. The van der Waals surface area contributed by atoms with Crippen molar-refractivity contribution < 1.29 is 4.79 Å². The number of amides is 1. The molecule has 4 heterocycles. The summed E-state index contributed by atoms with van der Waals surface area (Å²) in [6, 6.07) is 7.81. The van der Waals surface area contributed by atoms with Gasteiger partial charge in [0.15, 0.2) is 4.96 Å². The second-order valence-electron chi connectivity index (χ2n) is 7.31. The second kappa shape index (κ2) is 6.02. The van der Waals surface area contributed by atoms with Gasteiger partial charge in [-0.1, -0.05) is 6.07 Å². The van der Waals surface area contributed by atoms with E-state index in [0.717, 1.165) is 38.9 Å². The quantitative estimate of drug-likeness (QED) is 0.547. The number of fused-ring (bicyclic) bond motifs is 2. The molecule has 1 amide bonds.